The zero-order chi connectivity index (χ0) is 13.1. The molecule has 1 aromatic carbocycles. The van der Waals surface area contributed by atoms with Gasteiger partial charge >= 0.3 is 0 Å². The van der Waals surface area contributed by atoms with Crippen molar-refractivity contribution in [2.45, 2.75) is 39.7 Å². The molecule has 0 aliphatic heterocycles. The molecule has 0 spiro atoms. The molecule has 0 saturated carbocycles. The van der Waals surface area contributed by atoms with Crippen molar-refractivity contribution in [2.24, 2.45) is 11.3 Å². The van der Waals surface area contributed by atoms with E-state index in [2.05, 4.69) is 82.9 Å². The van der Waals surface area contributed by atoms with Crippen LogP contribution in [0.5, 0.6) is 0 Å². The van der Waals surface area contributed by atoms with Crippen molar-refractivity contribution in [1.29, 1.82) is 0 Å². The average molecular weight is 411 g/mol. The molecule has 0 saturated heterocycles. The minimum Gasteiger partial charge on any atom is -0.271 e. The molecule has 2 nitrogen and oxygen atoms in total. The van der Waals surface area contributed by atoms with Gasteiger partial charge in [0.05, 0.1) is 0 Å². The van der Waals surface area contributed by atoms with Crippen molar-refractivity contribution in [1.82, 2.24) is 5.43 Å². The van der Waals surface area contributed by atoms with Crippen molar-refractivity contribution in [3.8, 4) is 0 Å². The van der Waals surface area contributed by atoms with Gasteiger partial charge in [0.25, 0.3) is 0 Å². The lowest BCUT2D eigenvalue weighted by molar-refractivity contribution is 0.333. The largest absolute Gasteiger partial charge is 0.271 e. The minimum atomic E-state index is 0.207. The van der Waals surface area contributed by atoms with Gasteiger partial charge in [-0.15, -0.1) is 0 Å². The number of hydrogen-bond donors (Lipinski definition) is 2. The molecule has 1 unspecified atom stereocenters. The van der Waals surface area contributed by atoms with Crippen LogP contribution in [0.4, 0.5) is 0 Å². The topological polar surface area (TPSA) is 38.0 Å². The lowest BCUT2D eigenvalue weighted by atomic mass is 9.87. The predicted molar refractivity (Wildman–Crippen MR) is 85.6 cm³/mol. The number of halogens is 2. The second-order valence-electron chi connectivity index (χ2n) is 5.48. The molecule has 0 heterocycles. The molecule has 17 heavy (non-hydrogen) atoms. The number of nitrogens with one attached hydrogen (secondary N) is 1. The summed E-state index contributed by atoms with van der Waals surface area (Å²) in [6, 6.07) is 6.56. The van der Waals surface area contributed by atoms with E-state index in [4.69, 9.17) is 5.84 Å². The zero-order valence-corrected chi connectivity index (χ0v) is 14.3. The summed E-state index contributed by atoms with van der Waals surface area (Å²) in [5.74, 6) is 5.68. The Hall–Kier alpha value is 0.350. The second-order valence-corrected chi connectivity index (χ2v) is 7.58. The molecule has 0 fully saturated rings. The summed E-state index contributed by atoms with van der Waals surface area (Å²) in [6.07, 6.45) is 2.18. The van der Waals surface area contributed by atoms with Gasteiger partial charge in [0.1, 0.15) is 0 Å². The van der Waals surface area contributed by atoms with Gasteiger partial charge in [-0.2, -0.15) is 0 Å². The summed E-state index contributed by atoms with van der Waals surface area (Å²) in [4.78, 5) is 0. The number of hydrazine groups is 1. The first-order valence-corrected chi connectivity index (χ1v) is 7.62. The van der Waals surface area contributed by atoms with Crippen LogP contribution in [0.3, 0.4) is 0 Å². The minimum absolute atomic E-state index is 0.207. The van der Waals surface area contributed by atoms with Gasteiger partial charge in [0.2, 0.25) is 0 Å². The summed E-state index contributed by atoms with van der Waals surface area (Å²) in [5.41, 5.74) is 4.50. The van der Waals surface area contributed by atoms with Crippen molar-refractivity contribution >= 4 is 38.5 Å². The third-order valence-electron chi connectivity index (χ3n) is 2.72. The van der Waals surface area contributed by atoms with E-state index in [0.29, 0.717) is 5.41 Å². The highest BCUT2D eigenvalue weighted by molar-refractivity contribution is 14.1. The molecule has 4 heteroatoms. The third kappa shape index (κ3) is 5.24. The molecular weight excluding hydrogens is 391 g/mol. The molecule has 0 radical (unpaired) electrons. The van der Waals surface area contributed by atoms with Crippen LogP contribution in [0, 0.1) is 8.99 Å². The first-order valence-electron chi connectivity index (χ1n) is 5.74. The molecule has 1 aromatic rings. The van der Waals surface area contributed by atoms with E-state index < -0.39 is 0 Å². The van der Waals surface area contributed by atoms with Gasteiger partial charge < -0.3 is 0 Å². The highest BCUT2D eigenvalue weighted by Crippen LogP contribution is 2.31. The monoisotopic (exact) mass is 410 g/mol. The summed E-state index contributed by atoms with van der Waals surface area (Å²) in [6.45, 7) is 6.76. The van der Waals surface area contributed by atoms with Gasteiger partial charge in [-0.25, -0.2) is 0 Å². The van der Waals surface area contributed by atoms with Gasteiger partial charge in [-0.05, 0) is 64.6 Å². The fourth-order valence-electron chi connectivity index (χ4n) is 1.69. The van der Waals surface area contributed by atoms with E-state index in [9.17, 15) is 0 Å². The Kier molecular flexibility index (Phi) is 5.89. The van der Waals surface area contributed by atoms with Gasteiger partial charge in [0, 0.05) is 14.1 Å². The van der Waals surface area contributed by atoms with E-state index >= 15 is 0 Å². The number of rotatable bonds is 4. The van der Waals surface area contributed by atoms with Crippen LogP contribution in [-0.4, -0.2) is 0 Å². The van der Waals surface area contributed by atoms with Crippen LogP contribution in [0.15, 0.2) is 22.7 Å². The maximum atomic E-state index is 5.68. The Morgan fingerprint density at radius 2 is 2.06 bits per heavy atom. The molecule has 0 aromatic heterocycles. The smallest absolute Gasteiger partial charge is 0.0471 e. The molecule has 96 valence electrons. The van der Waals surface area contributed by atoms with Crippen molar-refractivity contribution in [3.63, 3.8) is 0 Å². The van der Waals surface area contributed by atoms with Crippen LogP contribution < -0.4 is 11.3 Å². The quantitative estimate of drug-likeness (QED) is 0.439. The third-order valence-corrected chi connectivity index (χ3v) is 4.11. The number of hydrogen-bond acceptors (Lipinski definition) is 2. The maximum absolute atomic E-state index is 5.68. The van der Waals surface area contributed by atoms with Crippen molar-refractivity contribution in [2.75, 3.05) is 0 Å². The first kappa shape index (κ1) is 15.4. The van der Waals surface area contributed by atoms with Crippen LogP contribution >= 0.6 is 38.5 Å². The zero-order valence-electron chi connectivity index (χ0n) is 10.6. The first-order chi connectivity index (χ1) is 7.83. The van der Waals surface area contributed by atoms with Crippen molar-refractivity contribution in [3.05, 3.63) is 31.8 Å². The second kappa shape index (κ2) is 6.50. The Bertz CT molecular complexity index is 374. The predicted octanol–water partition coefficient (Wildman–Crippen LogP) is 4.38. The lowest BCUT2D eigenvalue weighted by Gasteiger charge is -2.23. The van der Waals surface area contributed by atoms with E-state index in [1.165, 1.54) is 9.13 Å². The summed E-state index contributed by atoms with van der Waals surface area (Å²) < 4.78 is 2.35. The highest BCUT2D eigenvalue weighted by Gasteiger charge is 2.17. The summed E-state index contributed by atoms with van der Waals surface area (Å²) in [5, 5.41) is 0. The normalized spacial score (nSPS) is 13.8. The van der Waals surface area contributed by atoms with Gasteiger partial charge in [-0.3, -0.25) is 11.3 Å². The van der Waals surface area contributed by atoms with Crippen molar-refractivity contribution < 1.29 is 0 Å². The van der Waals surface area contributed by atoms with Crippen LogP contribution in [0.2, 0.25) is 0 Å². The molecule has 0 aliphatic rings. The Balaban J connectivity index is 2.82. The van der Waals surface area contributed by atoms with Gasteiger partial charge in [-0.1, -0.05) is 36.7 Å². The Morgan fingerprint density at radius 1 is 1.41 bits per heavy atom. The molecule has 1 rings (SSSR count). The number of benzene rings is 1. The Labute approximate surface area is 126 Å². The fraction of sp³-hybridized carbons (Fsp3) is 0.538. The summed E-state index contributed by atoms with van der Waals surface area (Å²) >= 11 is 5.92. The van der Waals surface area contributed by atoms with Crippen LogP contribution in [0.25, 0.3) is 0 Å². The molecule has 3 N–H and O–H groups in total. The fourth-order valence-corrected chi connectivity index (χ4v) is 2.73. The number of nitrogens with two attached hydrogens (primary N) is 1. The molecule has 0 amide bonds. The van der Waals surface area contributed by atoms with Gasteiger partial charge in [0.15, 0.2) is 0 Å². The molecule has 0 aliphatic carbocycles. The van der Waals surface area contributed by atoms with Crippen LogP contribution in [-0.2, 0) is 0 Å². The highest BCUT2D eigenvalue weighted by atomic mass is 127. The Morgan fingerprint density at radius 3 is 2.59 bits per heavy atom. The maximum Gasteiger partial charge on any atom is 0.0471 e. The average Bonchev–Trinajstić information content (AvgIpc) is 2.22. The van der Waals surface area contributed by atoms with E-state index in [1.54, 1.807) is 0 Å². The van der Waals surface area contributed by atoms with E-state index in [1.807, 2.05) is 0 Å². The van der Waals surface area contributed by atoms with Crippen LogP contribution in [0.1, 0.15) is 45.2 Å². The summed E-state index contributed by atoms with van der Waals surface area (Å²) in [7, 11) is 0. The molecule has 1 atom stereocenters. The standard InChI is InChI=1S/C13H20BrIN2/c1-13(2,3)7-6-12(17-16)10-8-9(15)4-5-11(10)14/h4-5,8,12,17H,6-7,16H2,1-3H3. The molecular formula is C13H20BrIN2. The van der Waals surface area contributed by atoms with E-state index in [0.717, 1.165) is 17.3 Å². The van der Waals surface area contributed by atoms with E-state index in [-0.39, 0.29) is 6.04 Å². The SMILES string of the molecule is CC(C)(C)CCC(NN)c1cc(I)ccc1Br. The lowest BCUT2D eigenvalue weighted by Crippen LogP contribution is -2.29. The molecule has 0 bridgehead atoms.